The van der Waals surface area contributed by atoms with Crippen LogP contribution in [0.5, 0.6) is 0 Å². The molecule has 1 aromatic carbocycles. The molecule has 1 aromatic rings. The van der Waals surface area contributed by atoms with E-state index >= 15 is 0 Å². The van der Waals surface area contributed by atoms with E-state index in [0.717, 1.165) is 5.56 Å². The maximum Gasteiger partial charge on any atom is 0.307 e. The zero-order chi connectivity index (χ0) is 14.2. The van der Waals surface area contributed by atoms with Crippen molar-refractivity contribution in [3.63, 3.8) is 0 Å². The first-order valence-corrected chi connectivity index (χ1v) is 6.13. The summed E-state index contributed by atoms with van der Waals surface area (Å²) in [6.45, 7) is 2.03. The third-order valence-electron chi connectivity index (χ3n) is 3.44. The van der Waals surface area contributed by atoms with E-state index in [1.54, 1.807) is 26.1 Å². The van der Waals surface area contributed by atoms with E-state index in [0.29, 0.717) is 18.5 Å². The Hall–Kier alpha value is -1.91. The lowest BCUT2D eigenvalue weighted by atomic mass is 10.1. The molecule has 1 saturated carbocycles. The smallest absolute Gasteiger partial charge is 0.307 e. The van der Waals surface area contributed by atoms with Gasteiger partial charge >= 0.3 is 5.97 Å². The van der Waals surface area contributed by atoms with Gasteiger partial charge in [0.05, 0.1) is 11.8 Å². The molecule has 0 bridgehead atoms. The Kier molecular flexibility index (Phi) is 3.55. The molecule has 5 heteroatoms. The van der Waals surface area contributed by atoms with E-state index in [9.17, 15) is 14.0 Å². The number of hydrogen-bond donors (Lipinski definition) is 1. The summed E-state index contributed by atoms with van der Waals surface area (Å²) in [5, 5.41) is 8.80. The van der Waals surface area contributed by atoms with Crippen LogP contribution in [-0.2, 0) is 16.1 Å². The zero-order valence-corrected chi connectivity index (χ0v) is 10.9. The van der Waals surface area contributed by atoms with Crippen LogP contribution in [0.15, 0.2) is 18.2 Å². The van der Waals surface area contributed by atoms with Crippen molar-refractivity contribution in [1.29, 1.82) is 0 Å². The molecule has 2 unspecified atom stereocenters. The van der Waals surface area contributed by atoms with Gasteiger partial charge in [-0.3, -0.25) is 9.59 Å². The minimum atomic E-state index is -0.913. The zero-order valence-electron chi connectivity index (χ0n) is 10.9. The fraction of sp³-hybridized carbons (Fsp3) is 0.429. The number of hydrogen-bond acceptors (Lipinski definition) is 2. The van der Waals surface area contributed by atoms with Crippen LogP contribution in [0.1, 0.15) is 17.5 Å². The Bertz CT molecular complexity index is 529. The number of aryl methyl sites for hydroxylation is 1. The van der Waals surface area contributed by atoms with Crippen molar-refractivity contribution in [1.82, 2.24) is 4.90 Å². The van der Waals surface area contributed by atoms with E-state index in [2.05, 4.69) is 0 Å². The number of amides is 1. The highest BCUT2D eigenvalue weighted by Crippen LogP contribution is 2.40. The monoisotopic (exact) mass is 265 g/mol. The molecule has 0 spiro atoms. The molecule has 19 heavy (non-hydrogen) atoms. The SMILES string of the molecule is Cc1cc(CN(C)C(=O)C2CC2C(=O)O)ccc1F. The number of carbonyl (C=O) groups is 2. The third kappa shape index (κ3) is 2.92. The van der Waals surface area contributed by atoms with Gasteiger partial charge in [0.1, 0.15) is 5.82 Å². The largest absolute Gasteiger partial charge is 0.481 e. The number of carbonyl (C=O) groups excluding carboxylic acids is 1. The third-order valence-corrected chi connectivity index (χ3v) is 3.44. The van der Waals surface area contributed by atoms with Gasteiger partial charge in [-0.2, -0.15) is 0 Å². The molecule has 0 saturated heterocycles. The molecular weight excluding hydrogens is 249 g/mol. The topological polar surface area (TPSA) is 57.6 Å². The van der Waals surface area contributed by atoms with Gasteiger partial charge in [-0.25, -0.2) is 4.39 Å². The Labute approximate surface area is 110 Å². The summed E-state index contributed by atoms with van der Waals surface area (Å²) < 4.78 is 13.1. The van der Waals surface area contributed by atoms with Crippen LogP contribution in [0.25, 0.3) is 0 Å². The van der Waals surface area contributed by atoms with E-state index in [1.165, 1.54) is 11.0 Å². The second-order valence-electron chi connectivity index (χ2n) is 5.06. The summed E-state index contributed by atoms with van der Waals surface area (Å²) in [6.07, 6.45) is 0.418. The number of benzene rings is 1. The van der Waals surface area contributed by atoms with Crippen molar-refractivity contribution in [3.05, 3.63) is 35.1 Å². The molecule has 2 rings (SSSR count). The molecule has 0 radical (unpaired) electrons. The van der Waals surface area contributed by atoms with E-state index in [-0.39, 0.29) is 11.7 Å². The fourth-order valence-electron chi connectivity index (χ4n) is 2.18. The molecule has 0 heterocycles. The van der Waals surface area contributed by atoms with Gasteiger partial charge in [0, 0.05) is 13.6 Å². The molecule has 1 aliphatic carbocycles. The standard InChI is InChI=1S/C14H16FNO3/c1-8-5-9(3-4-12(8)15)7-16(2)13(17)10-6-11(10)14(18)19/h3-5,10-11H,6-7H2,1-2H3,(H,18,19). The maximum atomic E-state index is 13.1. The summed E-state index contributed by atoms with van der Waals surface area (Å²) >= 11 is 0. The number of rotatable bonds is 4. The lowest BCUT2D eigenvalue weighted by molar-refractivity contribution is -0.141. The van der Waals surface area contributed by atoms with E-state index in [4.69, 9.17) is 5.11 Å². The van der Waals surface area contributed by atoms with Gasteiger partial charge in [-0.15, -0.1) is 0 Å². The minimum Gasteiger partial charge on any atom is -0.481 e. The Morgan fingerprint density at radius 1 is 1.42 bits per heavy atom. The molecule has 0 aliphatic heterocycles. The molecular formula is C14H16FNO3. The van der Waals surface area contributed by atoms with Crippen molar-refractivity contribution in [3.8, 4) is 0 Å². The van der Waals surface area contributed by atoms with Crippen molar-refractivity contribution in [2.75, 3.05) is 7.05 Å². The number of nitrogens with zero attached hydrogens (tertiary/aromatic N) is 1. The van der Waals surface area contributed by atoms with Gasteiger partial charge in [-0.05, 0) is 30.5 Å². The van der Waals surface area contributed by atoms with Gasteiger partial charge in [0.2, 0.25) is 5.91 Å². The van der Waals surface area contributed by atoms with Crippen LogP contribution in [0, 0.1) is 24.6 Å². The number of carboxylic acids is 1. The summed E-state index contributed by atoms with van der Waals surface area (Å²) in [5.41, 5.74) is 1.37. The van der Waals surface area contributed by atoms with Crippen LogP contribution in [0.3, 0.4) is 0 Å². The van der Waals surface area contributed by atoms with Gasteiger partial charge in [-0.1, -0.05) is 12.1 Å². The van der Waals surface area contributed by atoms with E-state index in [1.807, 2.05) is 0 Å². The summed E-state index contributed by atoms with van der Waals surface area (Å²) in [7, 11) is 1.64. The van der Waals surface area contributed by atoms with Crippen LogP contribution >= 0.6 is 0 Å². The van der Waals surface area contributed by atoms with Crippen molar-refractivity contribution < 1.29 is 19.1 Å². The average molecular weight is 265 g/mol. The van der Waals surface area contributed by atoms with Crippen molar-refractivity contribution in [2.24, 2.45) is 11.8 Å². The first-order chi connectivity index (χ1) is 8.90. The average Bonchev–Trinajstić information content (AvgIpc) is 3.13. The van der Waals surface area contributed by atoms with Crippen molar-refractivity contribution >= 4 is 11.9 Å². The highest BCUT2D eigenvalue weighted by atomic mass is 19.1. The lowest BCUT2D eigenvalue weighted by Crippen LogP contribution is -2.28. The highest BCUT2D eigenvalue weighted by Gasteiger charge is 2.49. The summed E-state index contributed by atoms with van der Waals surface area (Å²) in [4.78, 5) is 24.2. The second kappa shape index (κ2) is 4.99. The molecule has 1 amide bonds. The first-order valence-electron chi connectivity index (χ1n) is 6.13. The minimum absolute atomic E-state index is 0.158. The molecule has 0 aromatic heterocycles. The second-order valence-corrected chi connectivity index (χ2v) is 5.06. The molecule has 2 atom stereocenters. The summed E-state index contributed by atoms with van der Waals surface area (Å²) in [5.74, 6) is -2.28. The molecule has 1 aliphatic rings. The predicted molar refractivity (Wildman–Crippen MR) is 66.8 cm³/mol. The van der Waals surface area contributed by atoms with E-state index < -0.39 is 17.8 Å². The Morgan fingerprint density at radius 2 is 2.11 bits per heavy atom. The number of carboxylic acid groups (broad SMARTS) is 1. The molecule has 102 valence electrons. The molecule has 1 fully saturated rings. The van der Waals surface area contributed by atoms with Crippen LogP contribution in [0.4, 0.5) is 4.39 Å². The molecule has 4 nitrogen and oxygen atoms in total. The maximum absolute atomic E-state index is 13.1. The number of aliphatic carboxylic acids is 1. The predicted octanol–water partition coefficient (Wildman–Crippen LogP) is 1.81. The quantitative estimate of drug-likeness (QED) is 0.903. The number of halogens is 1. The van der Waals surface area contributed by atoms with Crippen LogP contribution in [-0.4, -0.2) is 28.9 Å². The van der Waals surface area contributed by atoms with Crippen LogP contribution < -0.4 is 0 Å². The Balaban J connectivity index is 1.97. The lowest BCUT2D eigenvalue weighted by Gasteiger charge is -2.17. The first kappa shape index (κ1) is 13.5. The van der Waals surface area contributed by atoms with Gasteiger partial charge in [0.25, 0.3) is 0 Å². The van der Waals surface area contributed by atoms with Crippen molar-refractivity contribution in [2.45, 2.75) is 19.9 Å². The summed E-state index contributed by atoms with van der Waals surface area (Å²) in [6, 6.07) is 4.70. The normalized spacial score (nSPS) is 21.0. The van der Waals surface area contributed by atoms with Gasteiger partial charge in [0.15, 0.2) is 0 Å². The van der Waals surface area contributed by atoms with Crippen LogP contribution in [0.2, 0.25) is 0 Å². The van der Waals surface area contributed by atoms with Gasteiger partial charge < -0.3 is 10.0 Å². The fourth-order valence-corrected chi connectivity index (χ4v) is 2.18. The Morgan fingerprint density at radius 3 is 2.63 bits per heavy atom. The molecule has 1 N–H and O–H groups in total. The highest BCUT2D eigenvalue weighted by molar-refractivity contribution is 5.89.